The average Bonchev–Trinajstić information content (AvgIpc) is 3.11. The van der Waals surface area contributed by atoms with E-state index in [0.29, 0.717) is 38.7 Å². The van der Waals surface area contributed by atoms with Crippen LogP contribution in [-0.2, 0) is 0 Å². The maximum atomic E-state index is 13.7. The highest BCUT2D eigenvalue weighted by molar-refractivity contribution is 9.10. The zero-order valence-corrected chi connectivity index (χ0v) is 19.9. The van der Waals surface area contributed by atoms with E-state index in [-0.39, 0.29) is 16.8 Å². The van der Waals surface area contributed by atoms with Crippen LogP contribution in [0.5, 0.6) is 11.5 Å². The average molecular weight is 527 g/mol. The number of halogens is 2. The quantitative estimate of drug-likeness (QED) is 0.327. The van der Waals surface area contributed by atoms with Gasteiger partial charge < -0.3 is 13.9 Å². The molecule has 1 unspecified atom stereocenters. The fourth-order valence-electron chi connectivity index (χ4n) is 4.18. The summed E-state index contributed by atoms with van der Waals surface area (Å²) >= 11 is 9.61. The number of nitrogens with zero attached hydrogens (tertiary/aromatic N) is 1. The van der Waals surface area contributed by atoms with E-state index < -0.39 is 11.9 Å². The van der Waals surface area contributed by atoms with Crippen LogP contribution >= 0.6 is 27.5 Å². The van der Waals surface area contributed by atoms with E-state index in [1.54, 1.807) is 48.4 Å². The topological polar surface area (TPSA) is 69.0 Å². The molecule has 4 aromatic rings. The molecule has 1 atom stereocenters. The SMILES string of the molecule is COc1ccc(C2c3c(oc4ccc(Cl)cc4c3=O)C(=O)N2c2cccc(Br)c2)cc1OC. The largest absolute Gasteiger partial charge is 0.493 e. The number of anilines is 1. The highest BCUT2D eigenvalue weighted by Gasteiger charge is 2.44. The number of amides is 1. The summed E-state index contributed by atoms with van der Waals surface area (Å²) in [5.41, 5.74) is 1.54. The molecule has 0 spiro atoms. The molecule has 1 aliphatic heterocycles. The first kappa shape index (κ1) is 21.6. The van der Waals surface area contributed by atoms with Crippen molar-refractivity contribution >= 4 is 50.1 Å². The standard InChI is InChI=1S/C25H17BrClNO5/c1-31-19-8-6-13(10-20(19)32-2)22-21-23(29)17-12-15(27)7-9-18(17)33-24(21)25(30)28(22)16-5-3-4-14(26)11-16/h3-12,22H,1-2H3. The van der Waals surface area contributed by atoms with Gasteiger partial charge in [-0.05, 0) is 54.1 Å². The smallest absolute Gasteiger partial charge is 0.295 e. The third-order valence-electron chi connectivity index (χ3n) is 5.64. The summed E-state index contributed by atoms with van der Waals surface area (Å²) in [5.74, 6) is 0.627. The van der Waals surface area contributed by atoms with Crippen molar-refractivity contribution in [2.24, 2.45) is 0 Å². The van der Waals surface area contributed by atoms with Crippen LogP contribution in [-0.4, -0.2) is 20.1 Å². The predicted molar refractivity (Wildman–Crippen MR) is 130 cm³/mol. The lowest BCUT2D eigenvalue weighted by Crippen LogP contribution is -2.29. The minimum atomic E-state index is -0.735. The van der Waals surface area contributed by atoms with Gasteiger partial charge in [0.15, 0.2) is 16.9 Å². The Labute approximate surface area is 202 Å². The minimum Gasteiger partial charge on any atom is -0.493 e. The van der Waals surface area contributed by atoms with Gasteiger partial charge in [-0.1, -0.05) is 39.7 Å². The molecule has 6 nitrogen and oxygen atoms in total. The third kappa shape index (κ3) is 3.48. The third-order valence-corrected chi connectivity index (χ3v) is 6.37. The van der Waals surface area contributed by atoms with Crippen molar-refractivity contribution in [3.05, 3.63) is 97.3 Å². The molecule has 1 aromatic heterocycles. The Balaban J connectivity index is 1.82. The van der Waals surface area contributed by atoms with Crippen LogP contribution in [0, 0.1) is 0 Å². The van der Waals surface area contributed by atoms with Crippen LogP contribution in [0.1, 0.15) is 27.7 Å². The Hall–Kier alpha value is -3.29. The second-order valence-electron chi connectivity index (χ2n) is 7.49. The van der Waals surface area contributed by atoms with Crippen molar-refractivity contribution < 1.29 is 18.7 Å². The summed E-state index contributed by atoms with van der Waals surface area (Å²) in [6.45, 7) is 0. The lowest BCUT2D eigenvalue weighted by atomic mass is 9.97. The van der Waals surface area contributed by atoms with Gasteiger partial charge >= 0.3 is 0 Å². The molecule has 8 heteroatoms. The first-order chi connectivity index (χ1) is 15.9. The summed E-state index contributed by atoms with van der Waals surface area (Å²) < 4.78 is 17.6. The first-order valence-electron chi connectivity index (χ1n) is 10.00. The molecule has 0 bridgehead atoms. The van der Waals surface area contributed by atoms with E-state index in [9.17, 15) is 9.59 Å². The monoisotopic (exact) mass is 525 g/mol. The zero-order valence-electron chi connectivity index (χ0n) is 17.6. The Bertz CT molecular complexity index is 1480. The van der Waals surface area contributed by atoms with Gasteiger partial charge in [0.1, 0.15) is 5.58 Å². The van der Waals surface area contributed by atoms with Crippen LogP contribution in [0.25, 0.3) is 11.0 Å². The number of carbonyl (C=O) groups excluding carboxylic acids is 1. The fourth-order valence-corrected chi connectivity index (χ4v) is 4.73. The lowest BCUT2D eigenvalue weighted by Gasteiger charge is -2.26. The molecule has 0 saturated heterocycles. The Morgan fingerprint density at radius 3 is 2.48 bits per heavy atom. The molecule has 0 saturated carbocycles. The number of hydrogen-bond acceptors (Lipinski definition) is 5. The van der Waals surface area contributed by atoms with Gasteiger partial charge in [-0.2, -0.15) is 0 Å². The highest BCUT2D eigenvalue weighted by atomic mass is 79.9. The van der Waals surface area contributed by atoms with Crippen LogP contribution in [0.2, 0.25) is 5.02 Å². The van der Waals surface area contributed by atoms with Gasteiger partial charge in [0.05, 0.1) is 31.2 Å². The van der Waals surface area contributed by atoms with E-state index in [2.05, 4.69) is 15.9 Å². The molecular weight excluding hydrogens is 510 g/mol. The second kappa shape index (κ2) is 8.24. The molecular formula is C25H17BrClNO5. The van der Waals surface area contributed by atoms with Crippen LogP contribution in [0.15, 0.2) is 74.3 Å². The second-order valence-corrected chi connectivity index (χ2v) is 8.84. The van der Waals surface area contributed by atoms with E-state index in [0.717, 1.165) is 4.47 Å². The molecule has 1 aliphatic rings. The molecule has 0 radical (unpaired) electrons. The van der Waals surface area contributed by atoms with E-state index in [4.69, 9.17) is 25.5 Å². The van der Waals surface area contributed by atoms with E-state index >= 15 is 0 Å². The van der Waals surface area contributed by atoms with Gasteiger partial charge in [-0.25, -0.2) is 0 Å². The van der Waals surface area contributed by atoms with E-state index in [1.165, 1.54) is 7.11 Å². The Morgan fingerprint density at radius 2 is 1.76 bits per heavy atom. The molecule has 33 heavy (non-hydrogen) atoms. The van der Waals surface area contributed by atoms with Crippen molar-refractivity contribution in [2.75, 3.05) is 19.1 Å². The molecule has 166 valence electrons. The summed E-state index contributed by atoms with van der Waals surface area (Å²) in [6.07, 6.45) is 0. The van der Waals surface area contributed by atoms with Crippen molar-refractivity contribution in [3.63, 3.8) is 0 Å². The Morgan fingerprint density at radius 1 is 0.970 bits per heavy atom. The van der Waals surface area contributed by atoms with Crippen molar-refractivity contribution in [3.8, 4) is 11.5 Å². The molecule has 0 N–H and O–H groups in total. The van der Waals surface area contributed by atoms with Crippen LogP contribution < -0.4 is 19.8 Å². The van der Waals surface area contributed by atoms with Gasteiger partial charge in [-0.15, -0.1) is 0 Å². The summed E-state index contributed by atoms with van der Waals surface area (Å²) in [7, 11) is 3.08. The molecule has 1 amide bonds. The van der Waals surface area contributed by atoms with Gasteiger partial charge in [-0.3, -0.25) is 14.5 Å². The van der Waals surface area contributed by atoms with Gasteiger partial charge in [0.2, 0.25) is 5.76 Å². The van der Waals surface area contributed by atoms with Crippen LogP contribution in [0.4, 0.5) is 5.69 Å². The zero-order chi connectivity index (χ0) is 23.3. The number of hydrogen-bond donors (Lipinski definition) is 0. The Kier molecular flexibility index (Phi) is 5.38. The van der Waals surface area contributed by atoms with Gasteiger partial charge in [0, 0.05) is 15.2 Å². The normalized spacial score (nSPS) is 15.1. The maximum Gasteiger partial charge on any atom is 0.295 e. The number of methoxy groups -OCH3 is 2. The number of fused-ring (bicyclic) bond motifs is 2. The summed E-state index contributed by atoms with van der Waals surface area (Å²) in [6, 6.07) is 16.7. The molecule has 0 fully saturated rings. The fraction of sp³-hybridized carbons (Fsp3) is 0.120. The molecule has 3 aromatic carbocycles. The lowest BCUT2D eigenvalue weighted by molar-refractivity contribution is 0.0971. The minimum absolute atomic E-state index is 0.00887. The molecule has 2 heterocycles. The molecule has 0 aliphatic carbocycles. The van der Waals surface area contributed by atoms with Crippen LogP contribution in [0.3, 0.4) is 0 Å². The van der Waals surface area contributed by atoms with Crippen molar-refractivity contribution in [1.29, 1.82) is 0 Å². The number of benzene rings is 3. The highest BCUT2D eigenvalue weighted by Crippen LogP contribution is 2.43. The van der Waals surface area contributed by atoms with Gasteiger partial charge in [0.25, 0.3) is 5.91 Å². The maximum absolute atomic E-state index is 13.7. The molecule has 5 rings (SSSR count). The summed E-state index contributed by atoms with van der Waals surface area (Å²) in [4.78, 5) is 28.8. The van der Waals surface area contributed by atoms with E-state index in [1.807, 2.05) is 24.3 Å². The number of ether oxygens (including phenoxy) is 2. The number of carbonyl (C=O) groups is 1. The number of rotatable bonds is 4. The first-order valence-corrected chi connectivity index (χ1v) is 11.2. The predicted octanol–water partition coefficient (Wildman–Crippen LogP) is 5.98. The summed E-state index contributed by atoms with van der Waals surface area (Å²) in [5, 5.41) is 0.723. The van der Waals surface area contributed by atoms with Crippen molar-refractivity contribution in [2.45, 2.75) is 6.04 Å². The van der Waals surface area contributed by atoms with Crippen molar-refractivity contribution in [1.82, 2.24) is 0 Å².